The first-order valence-corrected chi connectivity index (χ1v) is 8.96. The maximum atomic E-state index is 11.4. The zero-order valence-corrected chi connectivity index (χ0v) is 14.4. The summed E-state index contributed by atoms with van der Waals surface area (Å²) in [6, 6.07) is 13.1. The Kier molecular flexibility index (Phi) is 3.71. The predicted octanol–water partition coefficient (Wildman–Crippen LogP) is 4.96. The van der Waals surface area contributed by atoms with Crippen LogP contribution in [-0.4, -0.2) is 11.1 Å². The summed E-state index contributed by atoms with van der Waals surface area (Å²) in [6.07, 6.45) is 3.55. The van der Waals surface area contributed by atoms with E-state index in [1.54, 1.807) is 0 Å². The van der Waals surface area contributed by atoms with Gasteiger partial charge in [-0.05, 0) is 78.3 Å². The van der Waals surface area contributed by atoms with Crippen LogP contribution in [0.1, 0.15) is 64.5 Å². The molecular formula is C22H24O2. The standard InChI is InChI=1S/C22H24O2/c1-13-5-3-7-15-9-10-16-11-17(12-19(23)24)18-8-4-6-14(2)21(18)22(16)20(13)15/h3-8,16-17,22H,9-12H2,1-2H3,(H,23,24)/t16-,17+,22+/m0/s1. The van der Waals surface area contributed by atoms with E-state index >= 15 is 0 Å². The highest BCUT2D eigenvalue weighted by Gasteiger charge is 2.40. The number of hydrogen-bond donors (Lipinski definition) is 1. The first-order valence-electron chi connectivity index (χ1n) is 8.96. The van der Waals surface area contributed by atoms with E-state index in [1.807, 2.05) is 0 Å². The van der Waals surface area contributed by atoms with Gasteiger partial charge in [0.1, 0.15) is 0 Å². The summed E-state index contributed by atoms with van der Waals surface area (Å²) in [7, 11) is 0. The fourth-order valence-corrected chi connectivity index (χ4v) is 5.16. The van der Waals surface area contributed by atoms with E-state index in [-0.39, 0.29) is 12.3 Å². The van der Waals surface area contributed by atoms with Gasteiger partial charge in [-0.25, -0.2) is 0 Å². The first-order chi connectivity index (χ1) is 11.6. The molecule has 0 bridgehead atoms. The summed E-state index contributed by atoms with van der Waals surface area (Å²) >= 11 is 0. The molecule has 2 aromatic carbocycles. The lowest BCUT2D eigenvalue weighted by Gasteiger charge is -2.43. The zero-order valence-electron chi connectivity index (χ0n) is 14.4. The van der Waals surface area contributed by atoms with Crippen molar-refractivity contribution in [3.8, 4) is 0 Å². The highest BCUT2D eigenvalue weighted by atomic mass is 16.4. The number of rotatable bonds is 2. The number of hydrogen-bond acceptors (Lipinski definition) is 1. The quantitative estimate of drug-likeness (QED) is 0.849. The Hall–Kier alpha value is -2.09. The molecule has 2 heteroatoms. The van der Waals surface area contributed by atoms with Gasteiger partial charge < -0.3 is 5.11 Å². The summed E-state index contributed by atoms with van der Waals surface area (Å²) in [5, 5.41) is 9.36. The average molecular weight is 320 g/mol. The molecule has 0 aromatic heterocycles. The van der Waals surface area contributed by atoms with Gasteiger partial charge in [-0.1, -0.05) is 36.4 Å². The van der Waals surface area contributed by atoms with Gasteiger partial charge in [0.15, 0.2) is 0 Å². The van der Waals surface area contributed by atoms with Crippen LogP contribution in [-0.2, 0) is 11.2 Å². The number of carboxylic acid groups (broad SMARTS) is 1. The molecule has 0 saturated heterocycles. The van der Waals surface area contributed by atoms with E-state index in [1.165, 1.54) is 39.8 Å². The molecule has 24 heavy (non-hydrogen) atoms. The van der Waals surface area contributed by atoms with Crippen LogP contribution in [0.2, 0.25) is 0 Å². The normalized spacial score (nSPS) is 24.7. The second-order valence-electron chi connectivity index (χ2n) is 7.53. The molecule has 4 rings (SSSR count). The van der Waals surface area contributed by atoms with Gasteiger partial charge in [-0.2, -0.15) is 0 Å². The van der Waals surface area contributed by atoms with Crippen LogP contribution >= 0.6 is 0 Å². The van der Waals surface area contributed by atoms with Gasteiger partial charge in [-0.3, -0.25) is 4.79 Å². The fraction of sp³-hybridized carbons (Fsp3) is 0.409. The topological polar surface area (TPSA) is 37.3 Å². The minimum atomic E-state index is -0.682. The van der Waals surface area contributed by atoms with Gasteiger partial charge in [0.2, 0.25) is 0 Å². The molecule has 0 saturated carbocycles. The van der Waals surface area contributed by atoms with Gasteiger partial charge >= 0.3 is 5.97 Å². The van der Waals surface area contributed by atoms with Crippen molar-refractivity contribution in [3.63, 3.8) is 0 Å². The number of carbonyl (C=O) groups is 1. The van der Waals surface area contributed by atoms with Gasteiger partial charge in [0, 0.05) is 5.92 Å². The van der Waals surface area contributed by atoms with E-state index in [0.717, 1.165) is 12.8 Å². The van der Waals surface area contributed by atoms with E-state index in [2.05, 4.69) is 50.2 Å². The van der Waals surface area contributed by atoms with Crippen molar-refractivity contribution in [2.45, 2.75) is 51.4 Å². The lowest BCUT2D eigenvalue weighted by molar-refractivity contribution is -0.137. The summed E-state index contributed by atoms with van der Waals surface area (Å²) in [4.78, 5) is 11.4. The van der Waals surface area contributed by atoms with Crippen LogP contribution in [0.4, 0.5) is 0 Å². The Balaban J connectivity index is 1.92. The van der Waals surface area contributed by atoms with Crippen molar-refractivity contribution < 1.29 is 9.90 Å². The highest BCUT2D eigenvalue weighted by molar-refractivity contribution is 5.68. The summed E-state index contributed by atoms with van der Waals surface area (Å²) in [5.74, 6) is 0.482. The van der Waals surface area contributed by atoms with Gasteiger partial charge in [0.05, 0.1) is 6.42 Å². The second-order valence-corrected chi connectivity index (χ2v) is 7.53. The molecule has 3 atom stereocenters. The van der Waals surface area contributed by atoms with Gasteiger partial charge in [-0.15, -0.1) is 0 Å². The molecule has 0 heterocycles. The van der Waals surface area contributed by atoms with Crippen LogP contribution in [0.5, 0.6) is 0 Å². The SMILES string of the molecule is Cc1cccc2c1[C@@H]1c3c(C)cccc3[C@@H](CC(=O)O)C[C@@H]1CC2. The van der Waals surface area contributed by atoms with Gasteiger partial charge in [0.25, 0.3) is 0 Å². The maximum absolute atomic E-state index is 11.4. The zero-order chi connectivity index (χ0) is 16.8. The van der Waals surface area contributed by atoms with E-state index in [9.17, 15) is 9.90 Å². The molecule has 2 aromatic rings. The Morgan fingerprint density at radius 1 is 1.08 bits per heavy atom. The van der Waals surface area contributed by atoms with Crippen molar-refractivity contribution in [2.24, 2.45) is 5.92 Å². The van der Waals surface area contributed by atoms with Crippen molar-refractivity contribution in [1.82, 2.24) is 0 Å². The van der Waals surface area contributed by atoms with Crippen LogP contribution in [0, 0.1) is 19.8 Å². The summed E-state index contributed by atoms with van der Waals surface area (Å²) in [5.41, 5.74) is 8.38. The Morgan fingerprint density at radius 2 is 1.79 bits per heavy atom. The Bertz CT molecular complexity index is 806. The van der Waals surface area contributed by atoms with Crippen LogP contribution in [0.25, 0.3) is 0 Å². The molecule has 124 valence electrons. The van der Waals surface area contributed by atoms with Crippen molar-refractivity contribution in [1.29, 1.82) is 0 Å². The lowest BCUT2D eigenvalue weighted by atomic mass is 9.61. The second kappa shape index (κ2) is 5.77. The maximum Gasteiger partial charge on any atom is 0.303 e. The Labute approximate surface area is 143 Å². The van der Waals surface area contributed by atoms with Crippen LogP contribution < -0.4 is 0 Å². The average Bonchev–Trinajstić information content (AvgIpc) is 2.54. The smallest absolute Gasteiger partial charge is 0.303 e. The molecule has 0 amide bonds. The molecule has 0 spiro atoms. The van der Waals surface area contributed by atoms with Crippen molar-refractivity contribution >= 4 is 5.97 Å². The van der Waals surface area contributed by atoms with Crippen molar-refractivity contribution in [2.75, 3.05) is 0 Å². The predicted molar refractivity (Wildman–Crippen MR) is 95.6 cm³/mol. The van der Waals surface area contributed by atoms with E-state index in [4.69, 9.17) is 0 Å². The first kappa shape index (κ1) is 15.4. The molecule has 0 radical (unpaired) electrons. The molecule has 2 aliphatic carbocycles. The van der Waals surface area contributed by atoms with Crippen molar-refractivity contribution in [3.05, 3.63) is 69.8 Å². The number of aryl methyl sites for hydroxylation is 3. The van der Waals surface area contributed by atoms with E-state index < -0.39 is 5.97 Å². The largest absolute Gasteiger partial charge is 0.481 e. The Morgan fingerprint density at radius 3 is 2.54 bits per heavy atom. The third kappa shape index (κ3) is 2.36. The monoisotopic (exact) mass is 320 g/mol. The molecule has 0 fully saturated rings. The summed E-state index contributed by atoms with van der Waals surface area (Å²) < 4.78 is 0. The number of carboxylic acids is 1. The minimum absolute atomic E-state index is 0.157. The number of aliphatic carboxylic acids is 1. The number of benzene rings is 2. The third-order valence-electron chi connectivity index (χ3n) is 6.10. The summed E-state index contributed by atoms with van der Waals surface area (Å²) in [6.45, 7) is 4.41. The van der Waals surface area contributed by atoms with E-state index in [0.29, 0.717) is 11.8 Å². The molecule has 2 nitrogen and oxygen atoms in total. The molecular weight excluding hydrogens is 296 g/mol. The van der Waals surface area contributed by atoms with Crippen LogP contribution in [0.3, 0.4) is 0 Å². The van der Waals surface area contributed by atoms with Crippen LogP contribution in [0.15, 0.2) is 36.4 Å². The number of fused-ring (bicyclic) bond motifs is 5. The highest BCUT2D eigenvalue weighted by Crippen LogP contribution is 2.53. The molecule has 0 unspecified atom stereocenters. The molecule has 2 aliphatic rings. The lowest BCUT2D eigenvalue weighted by Crippen LogP contribution is -2.31. The minimum Gasteiger partial charge on any atom is -0.481 e. The molecule has 0 aliphatic heterocycles. The molecule has 1 N–H and O–H groups in total. The fourth-order valence-electron chi connectivity index (χ4n) is 5.16. The third-order valence-corrected chi connectivity index (χ3v) is 6.10.